The number of nitrogens with one attached hydrogen (secondary N) is 3. The molecule has 4 unspecified atom stereocenters. The van der Waals surface area contributed by atoms with Crippen LogP contribution in [0.1, 0.15) is 46.1 Å². The van der Waals surface area contributed by atoms with Crippen LogP contribution in [0.2, 0.25) is 0 Å². The molecule has 0 saturated carbocycles. The summed E-state index contributed by atoms with van der Waals surface area (Å²) in [5, 5.41) is 26.8. The van der Waals surface area contributed by atoms with Gasteiger partial charge >= 0.3 is 5.97 Å². The van der Waals surface area contributed by atoms with Gasteiger partial charge in [0.25, 0.3) is 0 Å². The maximum atomic E-state index is 13.1. The molecule has 0 aromatic heterocycles. The Morgan fingerprint density at radius 3 is 2.00 bits per heavy atom. The Morgan fingerprint density at radius 2 is 1.52 bits per heavy atom. The molecule has 7 N–H and O–H groups in total. The maximum Gasteiger partial charge on any atom is 0.326 e. The fourth-order valence-electron chi connectivity index (χ4n) is 3.24. The third-order valence-corrected chi connectivity index (χ3v) is 5.33. The zero-order chi connectivity index (χ0) is 25.1. The van der Waals surface area contributed by atoms with Crippen LogP contribution in [0.25, 0.3) is 0 Å². The number of nitrogens with two attached hydrogens (primary N) is 1. The van der Waals surface area contributed by atoms with Gasteiger partial charge in [-0.25, -0.2) is 4.79 Å². The highest BCUT2D eigenvalue weighted by Gasteiger charge is 2.31. The third kappa shape index (κ3) is 9.48. The number of amides is 3. The molecule has 0 heterocycles. The Bertz CT molecular complexity index is 812. The van der Waals surface area contributed by atoms with E-state index in [1.165, 1.54) is 12.1 Å². The zero-order valence-electron chi connectivity index (χ0n) is 19.6. The van der Waals surface area contributed by atoms with E-state index in [2.05, 4.69) is 16.0 Å². The number of benzene rings is 1. The molecule has 3 amide bonds. The summed E-state index contributed by atoms with van der Waals surface area (Å²) < 4.78 is 0. The Labute approximate surface area is 194 Å². The number of aliphatic carboxylic acids is 1. The van der Waals surface area contributed by atoms with E-state index in [1.807, 2.05) is 20.8 Å². The van der Waals surface area contributed by atoms with Crippen molar-refractivity contribution < 1.29 is 29.4 Å². The first-order valence-corrected chi connectivity index (χ1v) is 11.1. The van der Waals surface area contributed by atoms with Crippen molar-refractivity contribution in [2.45, 2.75) is 65.1 Å². The quantitative estimate of drug-likeness (QED) is 0.247. The predicted molar refractivity (Wildman–Crippen MR) is 123 cm³/mol. The molecule has 0 aliphatic rings. The summed E-state index contributed by atoms with van der Waals surface area (Å²) in [5.41, 5.74) is 6.00. The SMILES string of the molecule is CCC(C)C(NC(=O)C(Cc1ccc(O)cc1)NC(=O)C(CC(C)C)NC(=O)CN)C(=O)O. The maximum absolute atomic E-state index is 13.1. The van der Waals surface area contributed by atoms with Gasteiger partial charge in [-0.2, -0.15) is 0 Å². The lowest BCUT2D eigenvalue weighted by molar-refractivity contribution is -0.143. The molecule has 0 fully saturated rings. The minimum atomic E-state index is -1.17. The molecule has 1 rings (SSSR count). The van der Waals surface area contributed by atoms with E-state index in [4.69, 9.17) is 5.73 Å². The molecule has 1 aromatic rings. The lowest BCUT2D eigenvalue weighted by atomic mass is 9.97. The summed E-state index contributed by atoms with van der Waals surface area (Å²) in [5.74, 6) is -3.09. The third-order valence-electron chi connectivity index (χ3n) is 5.33. The molecule has 1 aromatic carbocycles. The minimum absolute atomic E-state index is 0.0491. The molecular weight excluding hydrogens is 428 g/mol. The number of carbonyl (C=O) groups is 4. The summed E-state index contributed by atoms with van der Waals surface area (Å²) in [4.78, 5) is 49.5. The molecule has 4 atom stereocenters. The van der Waals surface area contributed by atoms with Crippen LogP contribution in [0.3, 0.4) is 0 Å². The van der Waals surface area contributed by atoms with Crippen LogP contribution < -0.4 is 21.7 Å². The number of carboxylic acids is 1. The van der Waals surface area contributed by atoms with E-state index in [0.29, 0.717) is 18.4 Å². The normalized spacial score (nSPS) is 14.6. The second kappa shape index (κ2) is 13.4. The highest BCUT2D eigenvalue weighted by molar-refractivity contribution is 5.93. The van der Waals surface area contributed by atoms with Gasteiger partial charge in [0, 0.05) is 6.42 Å². The molecule has 10 heteroatoms. The van der Waals surface area contributed by atoms with E-state index in [-0.39, 0.29) is 30.6 Å². The van der Waals surface area contributed by atoms with Crippen molar-refractivity contribution in [2.75, 3.05) is 6.54 Å². The number of phenolic OH excluding ortho intramolecular Hbond substituents is 1. The van der Waals surface area contributed by atoms with Crippen LogP contribution in [-0.4, -0.2) is 58.6 Å². The van der Waals surface area contributed by atoms with Crippen LogP contribution in [0, 0.1) is 11.8 Å². The lowest BCUT2D eigenvalue weighted by Gasteiger charge is -2.26. The molecule has 10 nitrogen and oxygen atoms in total. The molecule has 0 bridgehead atoms. The van der Waals surface area contributed by atoms with Gasteiger partial charge in [0.05, 0.1) is 6.54 Å². The van der Waals surface area contributed by atoms with Crippen LogP contribution in [0.15, 0.2) is 24.3 Å². The average Bonchev–Trinajstić information content (AvgIpc) is 2.76. The highest BCUT2D eigenvalue weighted by Crippen LogP contribution is 2.14. The molecule has 33 heavy (non-hydrogen) atoms. The van der Waals surface area contributed by atoms with Crippen molar-refractivity contribution in [1.29, 1.82) is 0 Å². The van der Waals surface area contributed by atoms with Crippen LogP contribution in [-0.2, 0) is 25.6 Å². The molecule has 0 radical (unpaired) electrons. The monoisotopic (exact) mass is 464 g/mol. The zero-order valence-corrected chi connectivity index (χ0v) is 19.6. The average molecular weight is 465 g/mol. The van der Waals surface area contributed by atoms with Crippen molar-refractivity contribution in [3.63, 3.8) is 0 Å². The number of carbonyl (C=O) groups excluding carboxylic acids is 3. The minimum Gasteiger partial charge on any atom is -0.508 e. The summed E-state index contributed by atoms with van der Waals surface area (Å²) in [6.07, 6.45) is 0.924. The Balaban J connectivity index is 3.15. The molecule has 0 aliphatic heterocycles. The van der Waals surface area contributed by atoms with E-state index in [0.717, 1.165) is 0 Å². The van der Waals surface area contributed by atoms with Crippen molar-refractivity contribution in [3.05, 3.63) is 29.8 Å². The predicted octanol–water partition coefficient (Wildman–Crippen LogP) is 0.525. The Hall–Kier alpha value is -3.14. The van der Waals surface area contributed by atoms with Crippen molar-refractivity contribution in [1.82, 2.24) is 16.0 Å². The number of hydrogen-bond acceptors (Lipinski definition) is 6. The standard InChI is InChI=1S/C23H36N4O6/c1-5-14(4)20(23(32)33)27-22(31)18(11-15-6-8-16(28)9-7-15)26-21(30)17(10-13(2)3)25-19(29)12-24/h6-9,13-14,17-18,20,28H,5,10-12,24H2,1-4H3,(H,25,29)(H,26,30)(H,27,31)(H,32,33). The summed E-state index contributed by atoms with van der Waals surface area (Å²) in [6.45, 7) is 7.03. The second-order valence-corrected chi connectivity index (χ2v) is 8.60. The van der Waals surface area contributed by atoms with Gasteiger partial charge in [-0.3, -0.25) is 14.4 Å². The number of hydrogen-bond donors (Lipinski definition) is 6. The Morgan fingerprint density at radius 1 is 0.939 bits per heavy atom. The molecule has 184 valence electrons. The summed E-state index contributed by atoms with van der Waals surface area (Å²) in [6, 6.07) is 2.99. The fourth-order valence-corrected chi connectivity index (χ4v) is 3.24. The summed E-state index contributed by atoms with van der Waals surface area (Å²) >= 11 is 0. The lowest BCUT2D eigenvalue weighted by Crippen LogP contribution is -2.57. The molecule has 0 saturated heterocycles. The number of carboxylic acid groups (broad SMARTS) is 1. The molecular formula is C23H36N4O6. The van der Waals surface area contributed by atoms with Crippen LogP contribution in [0.4, 0.5) is 0 Å². The van der Waals surface area contributed by atoms with Gasteiger partial charge in [-0.1, -0.05) is 46.2 Å². The highest BCUT2D eigenvalue weighted by atomic mass is 16.4. The van der Waals surface area contributed by atoms with Gasteiger partial charge in [-0.15, -0.1) is 0 Å². The first-order valence-electron chi connectivity index (χ1n) is 11.1. The Kier molecular flexibility index (Phi) is 11.3. The van der Waals surface area contributed by atoms with Crippen molar-refractivity contribution in [3.8, 4) is 5.75 Å². The molecule has 0 spiro atoms. The van der Waals surface area contributed by atoms with E-state index in [1.54, 1.807) is 19.1 Å². The number of phenols is 1. The second-order valence-electron chi connectivity index (χ2n) is 8.60. The number of rotatable bonds is 13. The summed E-state index contributed by atoms with van der Waals surface area (Å²) in [7, 11) is 0. The van der Waals surface area contributed by atoms with E-state index in [9.17, 15) is 29.4 Å². The fraction of sp³-hybridized carbons (Fsp3) is 0.565. The van der Waals surface area contributed by atoms with Crippen molar-refractivity contribution in [2.24, 2.45) is 17.6 Å². The van der Waals surface area contributed by atoms with Gasteiger partial charge in [0.2, 0.25) is 17.7 Å². The van der Waals surface area contributed by atoms with E-state index < -0.39 is 41.8 Å². The first-order chi connectivity index (χ1) is 15.5. The smallest absolute Gasteiger partial charge is 0.326 e. The van der Waals surface area contributed by atoms with Gasteiger partial charge in [0.1, 0.15) is 23.9 Å². The van der Waals surface area contributed by atoms with Gasteiger partial charge < -0.3 is 31.9 Å². The molecule has 0 aliphatic carbocycles. The topological polar surface area (TPSA) is 171 Å². The van der Waals surface area contributed by atoms with Gasteiger partial charge in [-0.05, 0) is 36.0 Å². The number of aromatic hydroxyl groups is 1. The van der Waals surface area contributed by atoms with Crippen LogP contribution in [0.5, 0.6) is 5.75 Å². The van der Waals surface area contributed by atoms with Crippen molar-refractivity contribution >= 4 is 23.7 Å². The van der Waals surface area contributed by atoms with E-state index >= 15 is 0 Å². The van der Waals surface area contributed by atoms with Crippen LogP contribution >= 0.6 is 0 Å². The first kappa shape index (κ1) is 27.9. The largest absolute Gasteiger partial charge is 0.508 e. The van der Waals surface area contributed by atoms with Gasteiger partial charge in [0.15, 0.2) is 0 Å².